The summed E-state index contributed by atoms with van der Waals surface area (Å²) in [7, 11) is 0. The molecule has 4 heteroatoms. The van der Waals surface area contributed by atoms with Crippen LogP contribution < -0.4 is 5.32 Å². The first-order chi connectivity index (χ1) is 9.86. The molecule has 128 valence electrons. The van der Waals surface area contributed by atoms with Crippen molar-refractivity contribution in [1.82, 2.24) is 15.1 Å². The van der Waals surface area contributed by atoms with Crippen LogP contribution in [0.2, 0.25) is 0 Å². The number of nitrogens with zero attached hydrogens (tertiary/aromatic N) is 2. The van der Waals surface area contributed by atoms with Crippen molar-refractivity contribution in [2.75, 3.05) is 6.54 Å². The molecule has 0 radical (unpaired) electrons. The van der Waals surface area contributed by atoms with E-state index in [1.54, 1.807) is 0 Å². The number of aliphatic hydroxyl groups is 1. The first-order valence-corrected chi connectivity index (χ1v) is 8.34. The summed E-state index contributed by atoms with van der Waals surface area (Å²) in [6.07, 6.45) is 1.82. The molecule has 0 aromatic carbocycles. The molecule has 0 aliphatic carbocycles. The Morgan fingerprint density at radius 3 is 2.14 bits per heavy atom. The minimum atomic E-state index is -0.314. The maximum Gasteiger partial charge on any atom is 0.0641 e. The van der Waals surface area contributed by atoms with Gasteiger partial charge in [0.05, 0.1) is 17.3 Å². The second-order valence-electron chi connectivity index (χ2n) is 8.57. The van der Waals surface area contributed by atoms with Crippen LogP contribution >= 0.6 is 0 Å². The third kappa shape index (κ3) is 4.56. The Kier molecular flexibility index (Phi) is 5.85. The molecule has 1 heterocycles. The Morgan fingerprint density at radius 1 is 1.18 bits per heavy atom. The Bertz CT molecular complexity index is 483. The Morgan fingerprint density at radius 2 is 1.73 bits per heavy atom. The van der Waals surface area contributed by atoms with E-state index >= 15 is 0 Å². The van der Waals surface area contributed by atoms with Gasteiger partial charge in [-0.05, 0) is 40.5 Å². The molecule has 0 bridgehead atoms. The largest absolute Gasteiger partial charge is 0.392 e. The van der Waals surface area contributed by atoms with Gasteiger partial charge in [-0.25, -0.2) is 0 Å². The quantitative estimate of drug-likeness (QED) is 0.843. The highest BCUT2D eigenvalue weighted by atomic mass is 16.3. The highest BCUT2D eigenvalue weighted by molar-refractivity contribution is 5.20. The summed E-state index contributed by atoms with van der Waals surface area (Å²) >= 11 is 0. The summed E-state index contributed by atoms with van der Waals surface area (Å²) in [6, 6.07) is 0.217. The van der Waals surface area contributed by atoms with E-state index in [2.05, 4.69) is 78.9 Å². The van der Waals surface area contributed by atoms with Crippen molar-refractivity contribution < 1.29 is 5.11 Å². The summed E-state index contributed by atoms with van der Waals surface area (Å²) in [4.78, 5) is 0. The van der Waals surface area contributed by atoms with Crippen LogP contribution in [0.4, 0.5) is 0 Å². The van der Waals surface area contributed by atoms with Crippen LogP contribution in [0.15, 0.2) is 6.20 Å². The number of hydrogen-bond acceptors (Lipinski definition) is 3. The molecule has 2 unspecified atom stereocenters. The van der Waals surface area contributed by atoms with Gasteiger partial charge < -0.3 is 10.4 Å². The van der Waals surface area contributed by atoms with E-state index < -0.39 is 0 Å². The number of aryl methyl sites for hydroxylation is 1. The maximum absolute atomic E-state index is 10.3. The second kappa shape index (κ2) is 6.71. The minimum Gasteiger partial charge on any atom is -0.392 e. The first-order valence-electron chi connectivity index (χ1n) is 8.34. The summed E-state index contributed by atoms with van der Waals surface area (Å²) in [6.45, 7) is 19.8. The van der Waals surface area contributed by atoms with Crippen LogP contribution in [0, 0.1) is 18.3 Å². The predicted molar refractivity (Wildman–Crippen MR) is 93.0 cm³/mol. The molecule has 4 nitrogen and oxygen atoms in total. The van der Waals surface area contributed by atoms with Crippen molar-refractivity contribution in [2.45, 2.75) is 80.0 Å². The zero-order chi connectivity index (χ0) is 17.3. The van der Waals surface area contributed by atoms with Crippen molar-refractivity contribution in [3.05, 3.63) is 17.5 Å². The molecule has 0 fully saturated rings. The maximum atomic E-state index is 10.3. The lowest BCUT2D eigenvalue weighted by molar-refractivity contribution is 0.0123. The van der Waals surface area contributed by atoms with Crippen LogP contribution in [0.25, 0.3) is 0 Å². The molecule has 22 heavy (non-hydrogen) atoms. The summed E-state index contributed by atoms with van der Waals surface area (Å²) in [5.41, 5.74) is 2.13. The van der Waals surface area contributed by atoms with E-state index in [0.717, 1.165) is 12.2 Å². The van der Waals surface area contributed by atoms with Gasteiger partial charge >= 0.3 is 0 Å². The average molecular weight is 309 g/mol. The molecule has 0 aliphatic heterocycles. The van der Waals surface area contributed by atoms with Crippen LogP contribution in [0.5, 0.6) is 0 Å². The molecule has 0 saturated heterocycles. The minimum absolute atomic E-state index is 0.00413. The van der Waals surface area contributed by atoms with Gasteiger partial charge in [0.25, 0.3) is 0 Å². The van der Waals surface area contributed by atoms with E-state index in [1.165, 1.54) is 5.56 Å². The predicted octanol–water partition coefficient (Wildman–Crippen LogP) is 3.64. The molecule has 1 aromatic heterocycles. The number of aromatic nitrogens is 2. The molecular weight excluding hydrogens is 274 g/mol. The Hall–Kier alpha value is -0.870. The molecule has 0 amide bonds. The van der Waals surface area contributed by atoms with Gasteiger partial charge in [0.15, 0.2) is 0 Å². The first kappa shape index (κ1) is 19.2. The SMILES string of the molecule is Cc1nn(C(C)(C)C)cc1C(C)NCC(C)(C)C(O)C(C)C. The third-order valence-electron chi connectivity index (χ3n) is 4.39. The monoisotopic (exact) mass is 309 g/mol. The number of hydrogen-bond donors (Lipinski definition) is 2. The van der Waals surface area contributed by atoms with Gasteiger partial charge in [-0.15, -0.1) is 0 Å². The van der Waals surface area contributed by atoms with Gasteiger partial charge in [-0.2, -0.15) is 5.10 Å². The van der Waals surface area contributed by atoms with Gasteiger partial charge in [0.1, 0.15) is 0 Å². The molecule has 2 N–H and O–H groups in total. The normalized spacial score (nSPS) is 16.1. The van der Waals surface area contributed by atoms with E-state index in [0.29, 0.717) is 0 Å². The van der Waals surface area contributed by atoms with Crippen molar-refractivity contribution in [3.8, 4) is 0 Å². The summed E-state index contributed by atoms with van der Waals surface area (Å²) in [5.74, 6) is 0.262. The molecule has 0 spiro atoms. The zero-order valence-corrected chi connectivity index (χ0v) is 15.9. The molecule has 1 rings (SSSR count). The smallest absolute Gasteiger partial charge is 0.0641 e. The lowest BCUT2D eigenvalue weighted by Crippen LogP contribution is -2.42. The fourth-order valence-electron chi connectivity index (χ4n) is 2.78. The summed E-state index contributed by atoms with van der Waals surface area (Å²) in [5, 5.41) is 18.6. The van der Waals surface area contributed by atoms with Crippen molar-refractivity contribution in [1.29, 1.82) is 0 Å². The molecular formula is C18H35N3O. The standard InChI is InChI=1S/C18H35N3O/c1-12(2)16(22)18(8,9)11-19-13(3)15-10-21(17(5,6)7)20-14(15)4/h10,12-13,16,19,22H,11H2,1-9H3. The van der Waals surface area contributed by atoms with Crippen LogP contribution in [-0.4, -0.2) is 27.5 Å². The van der Waals surface area contributed by atoms with Crippen LogP contribution in [0.3, 0.4) is 0 Å². The Labute approximate surface area is 136 Å². The lowest BCUT2D eigenvalue weighted by atomic mass is 9.80. The van der Waals surface area contributed by atoms with Gasteiger partial charge in [0, 0.05) is 29.8 Å². The van der Waals surface area contributed by atoms with Crippen LogP contribution in [-0.2, 0) is 5.54 Å². The molecule has 1 aromatic rings. The number of aliphatic hydroxyl groups excluding tert-OH is 1. The summed E-state index contributed by atoms with van der Waals surface area (Å²) < 4.78 is 2.03. The lowest BCUT2D eigenvalue weighted by Gasteiger charge is -2.34. The fourth-order valence-corrected chi connectivity index (χ4v) is 2.78. The zero-order valence-electron chi connectivity index (χ0n) is 15.9. The van der Waals surface area contributed by atoms with Crippen molar-refractivity contribution in [2.24, 2.45) is 11.3 Å². The topological polar surface area (TPSA) is 50.1 Å². The number of rotatable bonds is 6. The molecule has 2 atom stereocenters. The van der Waals surface area contributed by atoms with E-state index in [1.807, 2.05) is 4.68 Å². The van der Waals surface area contributed by atoms with E-state index in [-0.39, 0.29) is 29.0 Å². The van der Waals surface area contributed by atoms with E-state index in [9.17, 15) is 5.11 Å². The second-order valence-corrected chi connectivity index (χ2v) is 8.57. The molecule has 0 saturated carbocycles. The van der Waals surface area contributed by atoms with Crippen LogP contribution in [0.1, 0.15) is 72.7 Å². The van der Waals surface area contributed by atoms with Gasteiger partial charge in [0.2, 0.25) is 0 Å². The van der Waals surface area contributed by atoms with Gasteiger partial charge in [-0.3, -0.25) is 4.68 Å². The van der Waals surface area contributed by atoms with E-state index in [4.69, 9.17) is 0 Å². The van der Waals surface area contributed by atoms with Gasteiger partial charge in [-0.1, -0.05) is 27.7 Å². The highest BCUT2D eigenvalue weighted by Crippen LogP contribution is 2.27. The fraction of sp³-hybridized carbons (Fsp3) is 0.833. The number of nitrogens with one attached hydrogen (secondary N) is 1. The Balaban J connectivity index is 2.78. The molecule has 0 aliphatic rings. The highest BCUT2D eigenvalue weighted by Gasteiger charge is 2.30. The van der Waals surface area contributed by atoms with Crippen molar-refractivity contribution >= 4 is 0 Å². The third-order valence-corrected chi connectivity index (χ3v) is 4.39. The average Bonchev–Trinajstić information content (AvgIpc) is 2.77. The van der Waals surface area contributed by atoms with Crippen molar-refractivity contribution in [3.63, 3.8) is 0 Å².